The van der Waals surface area contributed by atoms with Crippen LogP contribution in [0.3, 0.4) is 0 Å². The molecule has 2 rings (SSSR count). The highest BCUT2D eigenvalue weighted by molar-refractivity contribution is 7.86. The van der Waals surface area contributed by atoms with Crippen LogP contribution in [0.4, 0.5) is 0 Å². The molecule has 0 fully saturated rings. The van der Waals surface area contributed by atoms with Gasteiger partial charge in [0, 0.05) is 0 Å². The fourth-order valence-electron chi connectivity index (χ4n) is 2.80. The number of hydrogen-bond acceptors (Lipinski definition) is 5. The van der Waals surface area contributed by atoms with E-state index in [2.05, 4.69) is 6.92 Å². The van der Waals surface area contributed by atoms with E-state index in [-0.39, 0.29) is 16.9 Å². The second-order valence-electron chi connectivity index (χ2n) is 6.26. The molecule has 0 radical (unpaired) electrons. The summed E-state index contributed by atoms with van der Waals surface area (Å²) in [5, 5.41) is 0.352. The first-order valence-corrected chi connectivity index (χ1v) is 10.4. The third-order valence-electron chi connectivity index (χ3n) is 4.19. The number of unbranched alkanes of at least 4 members (excludes halogenated alkanes) is 7. The van der Waals surface area contributed by atoms with Gasteiger partial charge in [0.2, 0.25) is 0 Å². The summed E-state index contributed by atoms with van der Waals surface area (Å²) in [7, 11) is -3.97. The number of carbonyl (C=O) groups is 2. The van der Waals surface area contributed by atoms with Gasteiger partial charge in [0.05, 0.1) is 16.9 Å². The third kappa shape index (κ3) is 5.37. The van der Waals surface area contributed by atoms with Crippen molar-refractivity contribution in [2.45, 2.75) is 58.3 Å². The molecular weight excluding hydrogens is 342 g/mol. The molecule has 0 atom stereocenters. The molecule has 0 saturated carbocycles. The van der Waals surface area contributed by atoms with Gasteiger partial charge in [-0.05, 0) is 18.6 Å². The number of imide groups is 1. The molecule has 0 bridgehead atoms. The van der Waals surface area contributed by atoms with E-state index >= 15 is 0 Å². The Morgan fingerprint density at radius 3 is 1.84 bits per heavy atom. The fraction of sp³-hybridized carbons (Fsp3) is 0.556. The van der Waals surface area contributed by atoms with E-state index in [9.17, 15) is 18.0 Å². The summed E-state index contributed by atoms with van der Waals surface area (Å²) in [6, 6.07) is 6.18. The Labute approximate surface area is 149 Å². The van der Waals surface area contributed by atoms with Crippen LogP contribution in [-0.2, 0) is 14.4 Å². The van der Waals surface area contributed by atoms with Gasteiger partial charge in [0.25, 0.3) is 21.9 Å². The van der Waals surface area contributed by atoms with Crippen LogP contribution in [0.2, 0.25) is 0 Å². The van der Waals surface area contributed by atoms with Crippen molar-refractivity contribution >= 4 is 21.9 Å². The van der Waals surface area contributed by atoms with Crippen LogP contribution >= 0.6 is 0 Å². The zero-order valence-electron chi connectivity index (χ0n) is 14.6. The normalized spacial score (nSPS) is 14.2. The summed E-state index contributed by atoms with van der Waals surface area (Å²) in [5.74, 6) is -1.67. The van der Waals surface area contributed by atoms with Crippen molar-refractivity contribution in [1.82, 2.24) is 5.06 Å². The Morgan fingerprint density at radius 1 is 0.840 bits per heavy atom. The van der Waals surface area contributed by atoms with Gasteiger partial charge in [-0.1, -0.05) is 64.0 Å². The van der Waals surface area contributed by atoms with Crippen molar-refractivity contribution in [3.8, 4) is 0 Å². The number of fused-ring (bicyclic) bond motifs is 1. The second kappa shape index (κ2) is 9.10. The molecule has 0 unspecified atom stereocenters. The van der Waals surface area contributed by atoms with E-state index in [4.69, 9.17) is 4.28 Å². The lowest BCUT2D eigenvalue weighted by Crippen LogP contribution is -2.33. The van der Waals surface area contributed by atoms with Crippen molar-refractivity contribution < 1.29 is 22.3 Å². The van der Waals surface area contributed by atoms with Crippen LogP contribution in [0.25, 0.3) is 0 Å². The largest absolute Gasteiger partial charge is 0.288 e. The standard InChI is InChI=1S/C18H25NO5S/c1-2-3-4-5-6-7-8-11-14-25(22,23)24-19-17(20)15-12-9-10-13-16(15)18(19)21/h9-10,12-13H,2-8,11,14H2,1H3. The predicted octanol–water partition coefficient (Wildman–Crippen LogP) is 3.68. The van der Waals surface area contributed by atoms with Crippen LogP contribution in [0.1, 0.15) is 79.0 Å². The van der Waals surface area contributed by atoms with Crippen LogP contribution in [0.5, 0.6) is 0 Å². The van der Waals surface area contributed by atoms with Crippen molar-refractivity contribution in [2.24, 2.45) is 0 Å². The first-order valence-electron chi connectivity index (χ1n) is 8.86. The van der Waals surface area contributed by atoms with Gasteiger partial charge in [0.1, 0.15) is 0 Å². The Morgan fingerprint density at radius 2 is 1.32 bits per heavy atom. The van der Waals surface area contributed by atoms with E-state index in [1.165, 1.54) is 37.8 Å². The number of benzene rings is 1. The van der Waals surface area contributed by atoms with Crippen LogP contribution < -0.4 is 0 Å². The molecule has 1 heterocycles. The number of nitrogens with zero attached hydrogens (tertiary/aromatic N) is 1. The highest BCUT2D eigenvalue weighted by atomic mass is 32.2. The first-order chi connectivity index (χ1) is 12.0. The highest BCUT2D eigenvalue weighted by Gasteiger charge is 2.39. The van der Waals surface area contributed by atoms with Gasteiger partial charge in [0.15, 0.2) is 0 Å². The molecule has 0 spiro atoms. The Balaban J connectivity index is 1.77. The minimum absolute atomic E-state index is 0.162. The molecule has 0 aromatic heterocycles. The Kier molecular flexibility index (Phi) is 7.13. The number of hydroxylamine groups is 2. The lowest BCUT2D eigenvalue weighted by atomic mass is 10.1. The van der Waals surface area contributed by atoms with Crippen LogP contribution in [-0.4, -0.2) is 31.0 Å². The van der Waals surface area contributed by atoms with Crippen molar-refractivity contribution in [1.29, 1.82) is 0 Å². The van der Waals surface area contributed by atoms with E-state index in [0.717, 1.165) is 19.3 Å². The topological polar surface area (TPSA) is 80.8 Å². The molecule has 6 nitrogen and oxygen atoms in total. The Bertz CT molecular complexity index is 679. The van der Waals surface area contributed by atoms with Gasteiger partial charge in [-0.3, -0.25) is 9.59 Å². The zero-order valence-corrected chi connectivity index (χ0v) is 15.4. The minimum Gasteiger partial charge on any atom is -0.266 e. The summed E-state index contributed by atoms with van der Waals surface area (Å²) in [6.45, 7) is 2.17. The molecule has 0 aliphatic carbocycles. The summed E-state index contributed by atoms with van der Waals surface area (Å²) in [6.07, 6.45) is 8.15. The maximum absolute atomic E-state index is 12.1. The molecule has 1 aromatic rings. The monoisotopic (exact) mass is 367 g/mol. The summed E-state index contributed by atoms with van der Waals surface area (Å²) in [4.78, 5) is 24.2. The van der Waals surface area contributed by atoms with Gasteiger partial charge >= 0.3 is 0 Å². The lowest BCUT2D eigenvalue weighted by molar-refractivity contribution is -0.0103. The SMILES string of the molecule is CCCCCCCCCCS(=O)(=O)ON1C(=O)c2ccccc2C1=O. The molecule has 7 heteroatoms. The zero-order chi connectivity index (χ0) is 18.3. The number of carbonyl (C=O) groups excluding carboxylic acids is 2. The lowest BCUT2D eigenvalue weighted by Gasteiger charge is -2.12. The molecule has 138 valence electrons. The van der Waals surface area contributed by atoms with E-state index < -0.39 is 21.9 Å². The number of rotatable bonds is 11. The van der Waals surface area contributed by atoms with Crippen molar-refractivity contribution in [2.75, 3.05) is 5.75 Å². The average molecular weight is 367 g/mol. The second-order valence-corrected chi connectivity index (χ2v) is 7.93. The predicted molar refractivity (Wildman–Crippen MR) is 94.4 cm³/mol. The maximum Gasteiger partial charge on any atom is 0.288 e. The smallest absolute Gasteiger partial charge is 0.266 e. The Hall–Kier alpha value is -1.73. The first kappa shape index (κ1) is 19.6. The molecule has 0 saturated heterocycles. The molecule has 25 heavy (non-hydrogen) atoms. The summed E-state index contributed by atoms with van der Waals surface area (Å²) >= 11 is 0. The number of amides is 2. The van der Waals surface area contributed by atoms with E-state index in [1.54, 1.807) is 12.1 Å². The van der Waals surface area contributed by atoms with Crippen molar-refractivity contribution in [3.05, 3.63) is 35.4 Å². The summed E-state index contributed by atoms with van der Waals surface area (Å²) in [5.41, 5.74) is 0.324. The van der Waals surface area contributed by atoms with Gasteiger partial charge < -0.3 is 0 Å². The molecule has 1 aliphatic rings. The van der Waals surface area contributed by atoms with Crippen LogP contribution in [0, 0.1) is 0 Å². The van der Waals surface area contributed by atoms with Gasteiger partial charge in [-0.15, -0.1) is 9.35 Å². The highest BCUT2D eigenvalue weighted by Crippen LogP contribution is 2.24. The third-order valence-corrected chi connectivity index (χ3v) is 5.36. The minimum atomic E-state index is -3.97. The van der Waals surface area contributed by atoms with E-state index in [1.807, 2.05) is 0 Å². The molecule has 1 aliphatic heterocycles. The average Bonchev–Trinajstić information content (AvgIpc) is 2.82. The van der Waals surface area contributed by atoms with E-state index in [0.29, 0.717) is 11.5 Å². The van der Waals surface area contributed by atoms with Crippen molar-refractivity contribution in [3.63, 3.8) is 0 Å². The molecule has 1 aromatic carbocycles. The maximum atomic E-state index is 12.1. The molecule has 0 N–H and O–H groups in total. The number of hydrogen-bond donors (Lipinski definition) is 0. The van der Waals surface area contributed by atoms with Gasteiger partial charge in [-0.25, -0.2) is 0 Å². The van der Waals surface area contributed by atoms with Gasteiger partial charge in [-0.2, -0.15) is 8.42 Å². The molecular formula is C18H25NO5S. The van der Waals surface area contributed by atoms with Crippen LogP contribution in [0.15, 0.2) is 24.3 Å². The quantitative estimate of drug-likeness (QED) is 0.440. The molecule has 2 amide bonds. The fourth-order valence-corrected chi connectivity index (χ4v) is 3.79. The summed E-state index contributed by atoms with van der Waals surface area (Å²) < 4.78 is 28.8.